The number of hydrogen-bond donors (Lipinski definition) is 1. The molecule has 0 atom stereocenters. The first kappa shape index (κ1) is 16.1. The van der Waals surface area contributed by atoms with Gasteiger partial charge in [0.05, 0.1) is 22.9 Å². The molecule has 4 aromatic rings. The minimum absolute atomic E-state index is 0.249. The van der Waals surface area contributed by atoms with Gasteiger partial charge in [0.25, 0.3) is 11.6 Å². The first-order valence-corrected chi connectivity index (χ1v) is 8.37. The van der Waals surface area contributed by atoms with Gasteiger partial charge in [-0.1, -0.05) is 24.2 Å². The molecule has 0 bridgehead atoms. The van der Waals surface area contributed by atoms with Gasteiger partial charge in [0.15, 0.2) is 5.76 Å². The lowest BCUT2D eigenvalue weighted by Crippen LogP contribution is -2.13. The van der Waals surface area contributed by atoms with Crippen LogP contribution < -0.4 is 5.32 Å². The number of benzene rings is 1. The number of aryl methyl sites for hydroxylation is 2. The number of rotatable bonds is 4. The molecule has 1 N–H and O–H groups in total. The summed E-state index contributed by atoms with van der Waals surface area (Å²) < 4.78 is 10.7. The minimum atomic E-state index is -0.249. The van der Waals surface area contributed by atoms with E-state index in [-0.39, 0.29) is 5.91 Å². The summed E-state index contributed by atoms with van der Waals surface area (Å²) in [6.07, 6.45) is 2.51. The third kappa shape index (κ3) is 2.86. The summed E-state index contributed by atoms with van der Waals surface area (Å²) in [5.74, 6) is 0.308. The Hall–Kier alpha value is -3.41. The molecule has 0 radical (unpaired) electrons. The number of pyridine rings is 1. The van der Waals surface area contributed by atoms with E-state index in [1.807, 2.05) is 24.3 Å². The number of nitrogens with one attached hydrogen (secondary N) is 1. The zero-order valence-corrected chi connectivity index (χ0v) is 14.4. The van der Waals surface area contributed by atoms with Crippen LogP contribution in [0.5, 0.6) is 0 Å². The van der Waals surface area contributed by atoms with E-state index in [0.29, 0.717) is 33.8 Å². The van der Waals surface area contributed by atoms with Gasteiger partial charge in [-0.25, -0.2) is 4.98 Å². The number of furan rings is 1. The molecule has 1 aromatic carbocycles. The third-order valence-electron chi connectivity index (χ3n) is 4.26. The van der Waals surface area contributed by atoms with E-state index in [2.05, 4.69) is 22.4 Å². The molecule has 0 saturated carbocycles. The summed E-state index contributed by atoms with van der Waals surface area (Å²) >= 11 is 0. The number of hydrogen-bond acceptors (Lipinski definition) is 5. The Kier molecular flexibility index (Phi) is 4.01. The summed E-state index contributed by atoms with van der Waals surface area (Å²) in [6, 6.07) is 13.0. The quantitative estimate of drug-likeness (QED) is 0.583. The lowest BCUT2D eigenvalue weighted by Gasteiger charge is -2.08. The van der Waals surface area contributed by atoms with E-state index in [0.717, 1.165) is 12.1 Å². The second-order valence-electron chi connectivity index (χ2n) is 5.99. The van der Waals surface area contributed by atoms with E-state index in [9.17, 15) is 4.79 Å². The molecular weight excluding hydrogens is 330 g/mol. The van der Waals surface area contributed by atoms with Crippen LogP contribution in [0.25, 0.3) is 22.6 Å². The van der Waals surface area contributed by atoms with Crippen molar-refractivity contribution in [1.82, 2.24) is 10.1 Å². The molecule has 0 saturated heterocycles. The molecule has 0 aliphatic rings. The first-order chi connectivity index (χ1) is 12.7. The first-order valence-electron chi connectivity index (χ1n) is 8.37. The van der Waals surface area contributed by atoms with Crippen LogP contribution in [0.15, 0.2) is 57.7 Å². The van der Waals surface area contributed by atoms with Crippen molar-refractivity contribution in [3.05, 3.63) is 65.5 Å². The van der Waals surface area contributed by atoms with Crippen LogP contribution in [0.1, 0.15) is 28.5 Å². The second kappa shape index (κ2) is 6.48. The maximum Gasteiger partial charge on any atom is 0.259 e. The standard InChI is InChI=1S/C20H17N3O3/c1-3-13-6-8-14(9-7-13)21-19(24)15-11-16(17-5-4-10-25-17)22-20-18(15)12(2)23-26-20/h4-11H,3H2,1-2H3,(H,21,24). The lowest BCUT2D eigenvalue weighted by molar-refractivity contribution is 0.102. The van der Waals surface area contributed by atoms with Crippen LogP contribution in [0, 0.1) is 6.92 Å². The average molecular weight is 347 g/mol. The molecule has 6 nitrogen and oxygen atoms in total. The Labute approximate surface area is 149 Å². The number of fused-ring (bicyclic) bond motifs is 1. The monoisotopic (exact) mass is 347 g/mol. The van der Waals surface area contributed by atoms with Crippen molar-refractivity contribution in [3.63, 3.8) is 0 Å². The van der Waals surface area contributed by atoms with Crippen molar-refractivity contribution in [3.8, 4) is 11.5 Å². The molecule has 0 aliphatic heterocycles. The van der Waals surface area contributed by atoms with Crippen molar-refractivity contribution in [2.75, 3.05) is 5.32 Å². The zero-order chi connectivity index (χ0) is 18.1. The third-order valence-corrected chi connectivity index (χ3v) is 4.26. The van der Waals surface area contributed by atoms with Gasteiger partial charge in [-0.2, -0.15) is 0 Å². The number of aromatic nitrogens is 2. The van der Waals surface area contributed by atoms with Crippen LogP contribution in [0.3, 0.4) is 0 Å². The predicted molar refractivity (Wildman–Crippen MR) is 98.0 cm³/mol. The van der Waals surface area contributed by atoms with Gasteiger partial charge < -0.3 is 14.3 Å². The topological polar surface area (TPSA) is 81.2 Å². The van der Waals surface area contributed by atoms with Crippen molar-refractivity contribution < 1.29 is 13.7 Å². The molecule has 0 aliphatic carbocycles. The van der Waals surface area contributed by atoms with Crippen LogP contribution in [-0.4, -0.2) is 16.0 Å². The normalized spacial score (nSPS) is 11.0. The van der Waals surface area contributed by atoms with Gasteiger partial charge in [-0.05, 0) is 49.2 Å². The number of amides is 1. The highest BCUT2D eigenvalue weighted by molar-refractivity contribution is 6.12. The van der Waals surface area contributed by atoms with Crippen LogP contribution >= 0.6 is 0 Å². The summed E-state index contributed by atoms with van der Waals surface area (Å²) in [5.41, 5.74) is 3.83. The molecule has 26 heavy (non-hydrogen) atoms. The number of carbonyl (C=O) groups excluding carboxylic acids is 1. The Morgan fingerprint density at radius 1 is 1.19 bits per heavy atom. The van der Waals surface area contributed by atoms with E-state index in [1.54, 1.807) is 31.4 Å². The number of anilines is 1. The van der Waals surface area contributed by atoms with E-state index in [1.165, 1.54) is 5.56 Å². The largest absolute Gasteiger partial charge is 0.463 e. The van der Waals surface area contributed by atoms with Crippen LogP contribution in [-0.2, 0) is 6.42 Å². The van der Waals surface area contributed by atoms with Gasteiger partial charge in [0.1, 0.15) is 5.69 Å². The highest BCUT2D eigenvalue weighted by atomic mass is 16.5. The van der Waals surface area contributed by atoms with Crippen molar-refractivity contribution in [2.45, 2.75) is 20.3 Å². The fraction of sp³-hybridized carbons (Fsp3) is 0.150. The fourth-order valence-electron chi connectivity index (χ4n) is 2.85. The smallest absolute Gasteiger partial charge is 0.259 e. The molecule has 1 amide bonds. The van der Waals surface area contributed by atoms with Gasteiger partial charge >= 0.3 is 0 Å². The Morgan fingerprint density at radius 3 is 2.69 bits per heavy atom. The predicted octanol–water partition coefficient (Wildman–Crippen LogP) is 4.61. The van der Waals surface area contributed by atoms with E-state index < -0.39 is 0 Å². The molecule has 0 fully saturated rings. The molecule has 3 heterocycles. The van der Waals surface area contributed by atoms with Crippen LogP contribution in [0.2, 0.25) is 0 Å². The summed E-state index contributed by atoms with van der Waals surface area (Å²) in [7, 11) is 0. The van der Waals surface area contributed by atoms with Gasteiger partial charge in [0.2, 0.25) is 0 Å². The second-order valence-corrected chi connectivity index (χ2v) is 5.99. The van der Waals surface area contributed by atoms with Crippen molar-refractivity contribution in [2.24, 2.45) is 0 Å². The number of carbonyl (C=O) groups is 1. The summed E-state index contributed by atoms with van der Waals surface area (Å²) in [6.45, 7) is 3.87. The molecule has 4 rings (SSSR count). The highest BCUT2D eigenvalue weighted by Gasteiger charge is 2.20. The fourth-order valence-corrected chi connectivity index (χ4v) is 2.85. The Morgan fingerprint density at radius 2 is 2.00 bits per heavy atom. The maximum absolute atomic E-state index is 12.9. The SMILES string of the molecule is CCc1ccc(NC(=O)c2cc(-c3ccco3)nc3onc(C)c23)cc1. The maximum atomic E-state index is 12.9. The Bertz CT molecular complexity index is 1060. The van der Waals surface area contributed by atoms with Crippen molar-refractivity contribution >= 4 is 22.7 Å². The van der Waals surface area contributed by atoms with Gasteiger partial charge in [-0.15, -0.1) is 0 Å². The molecule has 3 aromatic heterocycles. The van der Waals surface area contributed by atoms with Crippen molar-refractivity contribution in [1.29, 1.82) is 0 Å². The van der Waals surface area contributed by atoms with E-state index in [4.69, 9.17) is 8.94 Å². The molecule has 0 unspecified atom stereocenters. The number of nitrogens with zero attached hydrogens (tertiary/aromatic N) is 2. The van der Waals surface area contributed by atoms with Gasteiger partial charge in [-0.3, -0.25) is 4.79 Å². The zero-order valence-electron chi connectivity index (χ0n) is 14.4. The lowest BCUT2D eigenvalue weighted by atomic mass is 10.1. The molecular formula is C20H17N3O3. The minimum Gasteiger partial charge on any atom is -0.463 e. The van der Waals surface area contributed by atoms with Crippen LogP contribution in [0.4, 0.5) is 5.69 Å². The molecule has 0 spiro atoms. The Balaban J connectivity index is 1.75. The van der Waals surface area contributed by atoms with Gasteiger partial charge in [0, 0.05) is 5.69 Å². The molecule has 130 valence electrons. The average Bonchev–Trinajstić information content (AvgIpc) is 3.32. The van der Waals surface area contributed by atoms with E-state index >= 15 is 0 Å². The highest BCUT2D eigenvalue weighted by Crippen LogP contribution is 2.28. The molecule has 6 heteroatoms. The summed E-state index contributed by atoms with van der Waals surface area (Å²) in [5, 5.41) is 7.47. The summed E-state index contributed by atoms with van der Waals surface area (Å²) in [4.78, 5) is 17.3.